The van der Waals surface area contributed by atoms with Gasteiger partial charge in [-0.2, -0.15) is 15.0 Å². The van der Waals surface area contributed by atoms with Gasteiger partial charge in [0.2, 0.25) is 23.8 Å². The molecule has 0 saturated carbocycles. The number of ether oxygens (including phenoxy) is 1. The summed E-state index contributed by atoms with van der Waals surface area (Å²) in [7, 11) is 3.36. The van der Waals surface area contributed by atoms with Crippen LogP contribution in [0.5, 0.6) is 0 Å². The molecule has 2 aromatic heterocycles. The minimum Gasteiger partial charge on any atom is -0.444 e. The maximum atomic E-state index is 13.8. The van der Waals surface area contributed by atoms with Crippen molar-refractivity contribution in [2.45, 2.75) is 51.9 Å². The van der Waals surface area contributed by atoms with Crippen LogP contribution in [0, 0.1) is 12.4 Å². The second-order valence-electron chi connectivity index (χ2n) is 14.5. The van der Waals surface area contributed by atoms with Crippen LogP contribution in [0.3, 0.4) is 0 Å². The minimum absolute atomic E-state index is 0.156. The first-order valence-corrected chi connectivity index (χ1v) is 17.9. The van der Waals surface area contributed by atoms with Gasteiger partial charge >= 0.3 is 6.09 Å². The Bertz CT molecular complexity index is 2170. The molecule has 0 spiro atoms. The normalized spacial score (nSPS) is 13.9. The number of hydrogen-bond donors (Lipinski definition) is 4. The van der Waals surface area contributed by atoms with Crippen LogP contribution in [0.15, 0.2) is 66.7 Å². The number of aromatic nitrogens is 5. The Morgan fingerprint density at radius 2 is 1.67 bits per heavy atom. The Hall–Kier alpha value is -6.34. The first-order chi connectivity index (χ1) is 26.3. The molecular formula is C39H45FN12O3. The van der Waals surface area contributed by atoms with Gasteiger partial charge in [-0.05, 0) is 62.2 Å². The molecule has 6 rings (SSSR count). The summed E-state index contributed by atoms with van der Waals surface area (Å²) in [5, 5.41) is 9.70. The largest absolute Gasteiger partial charge is 0.444 e. The second-order valence-corrected chi connectivity index (χ2v) is 14.5. The van der Waals surface area contributed by atoms with Crippen LogP contribution < -0.4 is 16.0 Å². The molecule has 1 fully saturated rings. The van der Waals surface area contributed by atoms with Crippen molar-refractivity contribution in [2.75, 3.05) is 56.2 Å². The molecule has 1 saturated heterocycles. The van der Waals surface area contributed by atoms with E-state index in [1.807, 2.05) is 57.2 Å². The summed E-state index contributed by atoms with van der Waals surface area (Å²) in [6.45, 7) is 16.3. The van der Waals surface area contributed by atoms with Crippen molar-refractivity contribution in [3.63, 3.8) is 0 Å². The number of aromatic amines is 1. The molecule has 4 N–H and O–H groups in total. The van der Waals surface area contributed by atoms with Crippen molar-refractivity contribution in [1.29, 1.82) is 0 Å². The van der Waals surface area contributed by atoms with Gasteiger partial charge in [0.15, 0.2) is 5.69 Å². The van der Waals surface area contributed by atoms with Gasteiger partial charge in [0.05, 0.1) is 24.2 Å². The van der Waals surface area contributed by atoms with E-state index in [0.717, 1.165) is 16.8 Å². The van der Waals surface area contributed by atoms with Crippen LogP contribution in [0.4, 0.5) is 38.4 Å². The van der Waals surface area contributed by atoms with Crippen molar-refractivity contribution in [2.24, 2.45) is 0 Å². The van der Waals surface area contributed by atoms with Crippen LogP contribution in [-0.2, 0) is 29.0 Å². The van der Waals surface area contributed by atoms with E-state index >= 15 is 0 Å². The number of nitrogens with one attached hydrogen (secondary N) is 4. The standard InChI is InChI=1S/C39H45FN12O3/c1-39(2,3)55-38(54)52-18-16-51(17-19-52)24-26-8-7-9-29(20-26)43-36-47-35(42-23-33-44-30-15-12-27(40)22-31(30)45-33)48-37(49-36)46-32(34(53)50(5)6)21-25-10-13-28(41-4)14-11-25/h7-15,20,22,32H,16-19,21,23-24H2,1-3,5-6H3,(H,44,45)(H3,42,43,46,47,48,49)/t32-/m0/s1. The zero-order valence-electron chi connectivity index (χ0n) is 31.6. The lowest BCUT2D eigenvalue weighted by atomic mass is 10.0. The fourth-order valence-corrected chi connectivity index (χ4v) is 6.02. The number of piperazine rings is 1. The molecule has 1 atom stereocenters. The molecule has 1 aliphatic rings. The van der Waals surface area contributed by atoms with Gasteiger partial charge in [0, 0.05) is 58.9 Å². The highest BCUT2D eigenvalue weighted by Crippen LogP contribution is 2.22. The molecule has 286 valence electrons. The van der Waals surface area contributed by atoms with Gasteiger partial charge < -0.3 is 35.5 Å². The molecule has 15 nitrogen and oxygen atoms in total. The zero-order valence-corrected chi connectivity index (χ0v) is 31.6. The number of H-pyrrole nitrogens is 1. The number of nitrogens with zero attached hydrogens (tertiary/aromatic N) is 8. The van der Waals surface area contributed by atoms with Crippen LogP contribution in [0.25, 0.3) is 15.9 Å². The molecule has 0 bridgehead atoms. The van der Waals surface area contributed by atoms with Crippen LogP contribution in [0.2, 0.25) is 0 Å². The summed E-state index contributed by atoms with van der Waals surface area (Å²) in [5.41, 5.74) is 3.82. The van der Waals surface area contributed by atoms with Crippen molar-refractivity contribution >= 4 is 52.3 Å². The molecule has 0 unspecified atom stereocenters. The minimum atomic E-state index is -0.735. The second kappa shape index (κ2) is 16.8. The Morgan fingerprint density at radius 1 is 0.945 bits per heavy atom. The monoisotopic (exact) mass is 748 g/mol. The van der Waals surface area contributed by atoms with Gasteiger partial charge in [0.25, 0.3) is 0 Å². The van der Waals surface area contributed by atoms with Gasteiger partial charge in [-0.1, -0.05) is 36.4 Å². The fraction of sp³-hybridized carbons (Fsp3) is 0.359. The number of rotatable bonds is 12. The Kier molecular flexibility index (Phi) is 11.7. The van der Waals surface area contributed by atoms with E-state index in [2.05, 4.69) is 50.6 Å². The Labute approximate surface area is 319 Å². The number of halogens is 1. The number of amides is 2. The topological polar surface area (TPSA) is 161 Å². The van der Waals surface area contributed by atoms with Crippen molar-refractivity contribution < 1.29 is 18.7 Å². The first-order valence-electron chi connectivity index (χ1n) is 17.9. The zero-order chi connectivity index (χ0) is 39.1. The summed E-state index contributed by atoms with van der Waals surface area (Å²) >= 11 is 0. The van der Waals surface area contributed by atoms with E-state index in [1.165, 1.54) is 17.0 Å². The molecular weight excluding hydrogens is 704 g/mol. The molecule has 3 heterocycles. The highest BCUT2D eigenvalue weighted by molar-refractivity contribution is 5.84. The number of anilines is 4. The Balaban J connectivity index is 1.20. The average Bonchev–Trinajstić information content (AvgIpc) is 3.55. The van der Waals surface area contributed by atoms with Crippen molar-refractivity contribution in [1.82, 2.24) is 39.6 Å². The number of hydrogen-bond acceptors (Lipinski definition) is 11. The predicted octanol–water partition coefficient (Wildman–Crippen LogP) is 5.96. The first kappa shape index (κ1) is 38.4. The van der Waals surface area contributed by atoms with E-state index in [0.29, 0.717) is 61.7 Å². The number of carbonyl (C=O) groups excluding carboxylic acids is 2. The van der Waals surface area contributed by atoms with Gasteiger partial charge in [-0.25, -0.2) is 19.0 Å². The average molecular weight is 749 g/mol. The maximum Gasteiger partial charge on any atom is 0.410 e. The van der Waals surface area contributed by atoms with E-state index < -0.39 is 11.6 Å². The van der Waals surface area contributed by atoms with E-state index in [1.54, 1.807) is 37.2 Å². The lowest BCUT2D eigenvalue weighted by Crippen LogP contribution is -2.49. The number of carbonyl (C=O) groups is 2. The van der Waals surface area contributed by atoms with E-state index in [4.69, 9.17) is 11.3 Å². The highest BCUT2D eigenvalue weighted by atomic mass is 19.1. The molecule has 2 amide bonds. The molecule has 55 heavy (non-hydrogen) atoms. The molecule has 16 heteroatoms. The molecule has 3 aromatic carbocycles. The Morgan fingerprint density at radius 3 is 2.38 bits per heavy atom. The molecule has 0 radical (unpaired) electrons. The summed E-state index contributed by atoms with van der Waals surface area (Å²) in [4.78, 5) is 56.5. The third kappa shape index (κ3) is 10.6. The van der Waals surface area contributed by atoms with Crippen LogP contribution >= 0.6 is 0 Å². The van der Waals surface area contributed by atoms with Gasteiger partial charge in [-0.15, -0.1) is 0 Å². The number of imidazole rings is 1. The maximum absolute atomic E-state index is 13.8. The summed E-state index contributed by atoms with van der Waals surface area (Å²) in [6.07, 6.45) is 0.0231. The smallest absolute Gasteiger partial charge is 0.410 e. The van der Waals surface area contributed by atoms with Crippen molar-refractivity contribution in [3.05, 3.63) is 101 Å². The van der Waals surface area contributed by atoms with Crippen LogP contribution in [-0.4, -0.2) is 104 Å². The quantitative estimate of drug-likeness (QED) is 0.112. The van der Waals surface area contributed by atoms with Crippen LogP contribution in [0.1, 0.15) is 37.7 Å². The summed E-state index contributed by atoms with van der Waals surface area (Å²) < 4.78 is 19.4. The molecule has 1 aliphatic heterocycles. The predicted molar refractivity (Wildman–Crippen MR) is 209 cm³/mol. The molecule has 5 aromatic rings. The van der Waals surface area contributed by atoms with Gasteiger partial charge in [0.1, 0.15) is 23.3 Å². The number of likely N-dealkylation sites (N-methyl/N-ethyl adjacent to an activating group) is 1. The SMILES string of the molecule is [C-]#[N+]c1ccc(C[C@H](Nc2nc(NCc3nc4ccc(F)cc4[nH]3)nc(Nc3cccc(CN4CCN(C(=O)OC(C)(C)C)CC4)c3)n2)C(=O)N(C)C)cc1. The number of benzene rings is 3. The summed E-state index contributed by atoms with van der Waals surface area (Å²) in [6, 6.07) is 18.6. The fourth-order valence-electron chi connectivity index (χ4n) is 6.02. The highest BCUT2D eigenvalue weighted by Gasteiger charge is 2.26. The van der Waals surface area contributed by atoms with E-state index in [9.17, 15) is 14.0 Å². The number of fused-ring (bicyclic) bond motifs is 1. The van der Waals surface area contributed by atoms with Gasteiger partial charge in [-0.3, -0.25) is 9.69 Å². The lowest BCUT2D eigenvalue weighted by molar-refractivity contribution is -0.129. The third-order valence-corrected chi connectivity index (χ3v) is 8.70. The summed E-state index contributed by atoms with van der Waals surface area (Å²) in [5.74, 6) is 0.591. The lowest BCUT2D eigenvalue weighted by Gasteiger charge is -2.35. The van der Waals surface area contributed by atoms with E-state index in [-0.39, 0.29) is 42.2 Å². The third-order valence-electron chi connectivity index (χ3n) is 8.70. The van der Waals surface area contributed by atoms with Crippen molar-refractivity contribution in [3.8, 4) is 0 Å². The molecule has 0 aliphatic carbocycles.